The van der Waals surface area contributed by atoms with Crippen LogP contribution in [-0.2, 0) is 6.54 Å². The third-order valence-electron chi connectivity index (χ3n) is 4.66. The maximum absolute atomic E-state index is 12.7. The van der Waals surface area contributed by atoms with Gasteiger partial charge >= 0.3 is 0 Å². The first-order chi connectivity index (χ1) is 13.1. The van der Waals surface area contributed by atoms with E-state index >= 15 is 0 Å². The SMILES string of the molecule is CCN(Cc1ccccc1)c1cc(C(=O)Nc2cccc(C)c2C)ncn1. The summed E-state index contributed by atoms with van der Waals surface area (Å²) in [6.07, 6.45) is 1.45. The van der Waals surface area contributed by atoms with Crippen molar-refractivity contribution in [1.82, 2.24) is 9.97 Å². The zero-order valence-corrected chi connectivity index (χ0v) is 15.9. The molecule has 0 unspecified atom stereocenters. The highest BCUT2D eigenvalue weighted by molar-refractivity contribution is 6.03. The fourth-order valence-electron chi connectivity index (χ4n) is 2.88. The normalized spacial score (nSPS) is 10.5. The molecule has 0 aliphatic rings. The van der Waals surface area contributed by atoms with Crippen molar-refractivity contribution in [2.24, 2.45) is 0 Å². The van der Waals surface area contributed by atoms with Crippen LogP contribution in [0.4, 0.5) is 11.5 Å². The van der Waals surface area contributed by atoms with Crippen LogP contribution in [0.15, 0.2) is 60.9 Å². The van der Waals surface area contributed by atoms with Gasteiger partial charge in [-0.15, -0.1) is 0 Å². The summed E-state index contributed by atoms with van der Waals surface area (Å²) in [5.74, 6) is 0.505. The van der Waals surface area contributed by atoms with E-state index < -0.39 is 0 Å². The topological polar surface area (TPSA) is 58.1 Å². The number of carbonyl (C=O) groups excluding carboxylic acids is 1. The van der Waals surface area contributed by atoms with Crippen molar-refractivity contribution in [3.63, 3.8) is 0 Å². The number of rotatable bonds is 6. The van der Waals surface area contributed by atoms with Crippen LogP contribution >= 0.6 is 0 Å². The molecule has 5 heteroatoms. The van der Waals surface area contributed by atoms with Crippen LogP contribution in [0.25, 0.3) is 0 Å². The third-order valence-corrected chi connectivity index (χ3v) is 4.66. The first-order valence-electron chi connectivity index (χ1n) is 9.07. The number of aryl methyl sites for hydroxylation is 1. The quantitative estimate of drug-likeness (QED) is 0.709. The first kappa shape index (κ1) is 18.6. The third kappa shape index (κ3) is 4.50. The van der Waals surface area contributed by atoms with Crippen molar-refractivity contribution in [2.45, 2.75) is 27.3 Å². The largest absolute Gasteiger partial charge is 0.352 e. The molecule has 2 aromatic carbocycles. The van der Waals surface area contributed by atoms with Gasteiger partial charge in [0.1, 0.15) is 17.8 Å². The molecular formula is C22H24N4O. The number of hydrogen-bond donors (Lipinski definition) is 1. The summed E-state index contributed by atoms with van der Waals surface area (Å²) in [7, 11) is 0. The van der Waals surface area contributed by atoms with E-state index in [9.17, 15) is 4.79 Å². The lowest BCUT2D eigenvalue weighted by molar-refractivity contribution is 0.102. The van der Waals surface area contributed by atoms with E-state index in [1.54, 1.807) is 6.07 Å². The Balaban J connectivity index is 1.79. The number of carbonyl (C=O) groups is 1. The summed E-state index contributed by atoms with van der Waals surface area (Å²) >= 11 is 0. The molecule has 1 heterocycles. The summed E-state index contributed by atoms with van der Waals surface area (Å²) in [4.78, 5) is 23.3. The van der Waals surface area contributed by atoms with Gasteiger partial charge in [-0.05, 0) is 43.5 Å². The summed E-state index contributed by atoms with van der Waals surface area (Å²) < 4.78 is 0. The fourth-order valence-corrected chi connectivity index (χ4v) is 2.88. The Bertz CT molecular complexity index is 925. The van der Waals surface area contributed by atoms with Crippen LogP contribution in [0.5, 0.6) is 0 Å². The van der Waals surface area contributed by atoms with Crippen LogP contribution in [0.1, 0.15) is 34.1 Å². The second-order valence-electron chi connectivity index (χ2n) is 6.46. The molecular weight excluding hydrogens is 336 g/mol. The van der Waals surface area contributed by atoms with E-state index in [1.165, 1.54) is 11.9 Å². The average Bonchev–Trinajstić information content (AvgIpc) is 2.70. The van der Waals surface area contributed by atoms with E-state index in [0.29, 0.717) is 5.69 Å². The van der Waals surface area contributed by atoms with Crippen molar-refractivity contribution in [2.75, 3.05) is 16.8 Å². The minimum Gasteiger partial charge on any atom is -0.352 e. The molecule has 27 heavy (non-hydrogen) atoms. The number of aromatic nitrogens is 2. The van der Waals surface area contributed by atoms with Gasteiger partial charge in [-0.2, -0.15) is 0 Å². The molecule has 0 atom stereocenters. The Hall–Kier alpha value is -3.21. The van der Waals surface area contributed by atoms with Gasteiger partial charge in [-0.3, -0.25) is 4.79 Å². The second kappa shape index (κ2) is 8.45. The molecule has 3 aromatic rings. The van der Waals surface area contributed by atoms with Crippen molar-refractivity contribution in [3.8, 4) is 0 Å². The Kier molecular flexibility index (Phi) is 5.81. The van der Waals surface area contributed by atoms with E-state index in [2.05, 4.69) is 39.2 Å². The second-order valence-corrected chi connectivity index (χ2v) is 6.46. The molecule has 138 valence electrons. The zero-order chi connectivity index (χ0) is 19.2. The van der Waals surface area contributed by atoms with E-state index in [1.807, 2.05) is 50.2 Å². The van der Waals surface area contributed by atoms with Crippen molar-refractivity contribution in [1.29, 1.82) is 0 Å². The average molecular weight is 360 g/mol. The predicted octanol–water partition coefficient (Wildman–Crippen LogP) is 4.37. The maximum atomic E-state index is 12.7. The molecule has 1 N–H and O–H groups in total. The lowest BCUT2D eigenvalue weighted by Crippen LogP contribution is -2.24. The molecule has 1 amide bonds. The fraction of sp³-hybridized carbons (Fsp3) is 0.227. The van der Waals surface area contributed by atoms with Gasteiger partial charge < -0.3 is 10.2 Å². The van der Waals surface area contributed by atoms with Crippen molar-refractivity contribution < 1.29 is 4.79 Å². The van der Waals surface area contributed by atoms with Crippen LogP contribution in [-0.4, -0.2) is 22.4 Å². The van der Waals surface area contributed by atoms with Gasteiger partial charge in [-0.25, -0.2) is 9.97 Å². The lowest BCUT2D eigenvalue weighted by Gasteiger charge is -2.22. The highest BCUT2D eigenvalue weighted by Crippen LogP contribution is 2.20. The Labute approximate surface area is 160 Å². The van der Waals surface area contributed by atoms with Gasteiger partial charge in [-0.1, -0.05) is 42.5 Å². The van der Waals surface area contributed by atoms with Gasteiger partial charge in [0.15, 0.2) is 0 Å². The van der Waals surface area contributed by atoms with Crippen LogP contribution in [0, 0.1) is 13.8 Å². The molecule has 0 aliphatic heterocycles. The van der Waals surface area contributed by atoms with Crippen molar-refractivity contribution >= 4 is 17.4 Å². The number of anilines is 2. The standard InChI is InChI=1S/C22H24N4O/c1-4-26(14-18-10-6-5-7-11-18)21-13-20(23-15-24-21)22(27)25-19-12-8-9-16(2)17(19)3/h5-13,15H,4,14H2,1-3H3,(H,25,27). The molecule has 0 spiro atoms. The van der Waals surface area contributed by atoms with Crippen LogP contribution in [0.3, 0.4) is 0 Å². The Morgan fingerprint density at radius 1 is 1.04 bits per heavy atom. The summed E-state index contributed by atoms with van der Waals surface area (Å²) in [6, 6.07) is 17.8. The number of hydrogen-bond acceptors (Lipinski definition) is 4. The predicted molar refractivity (Wildman–Crippen MR) is 109 cm³/mol. The molecule has 0 saturated heterocycles. The molecule has 1 aromatic heterocycles. The van der Waals surface area contributed by atoms with Gasteiger partial charge in [0.2, 0.25) is 0 Å². The number of benzene rings is 2. The smallest absolute Gasteiger partial charge is 0.274 e. The lowest BCUT2D eigenvalue weighted by atomic mass is 10.1. The van der Waals surface area contributed by atoms with Gasteiger partial charge in [0.05, 0.1) is 0 Å². The highest BCUT2D eigenvalue weighted by Gasteiger charge is 2.14. The minimum atomic E-state index is -0.233. The Morgan fingerprint density at radius 3 is 2.56 bits per heavy atom. The van der Waals surface area contributed by atoms with Gasteiger partial charge in [0.25, 0.3) is 5.91 Å². The van der Waals surface area contributed by atoms with E-state index in [4.69, 9.17) is 0 Å². The van der Waals surface area contributed by atoms with Crippen LogP contribution in [0.2, 0.25) is 0 Å². The highest BCUT2D eigenvalue weighted by atomic mass is 16.1. The summed E-state index contributed by atoms with van der Waals surface area (Å²) in [5.41, 5.74) is 4.54. The molecule has 0 saturated carbocycles. The molecule has 0 bridgehead atoms. The monoisotopic (exact) mass is 360 g/mol. The van der Waals surface area contributed by atoms with E-state index in [-0.39, 0.29) is 5.91 Å². The number of nitrogens with one attached hydrogen (secondary N) is 1. The minimum absolute atomic E-state index is 0.233. The first-order valence-corrected chi connectivity index (χ1v) is 9.07. The molecule has 0 aliphatic carbocycles. The van der Waals surface area contributed by atoms with Crippen molar-refractivity contribution in [3.05, 3.63) is 83.3 Å². The molecule has 0 radical (unpaired) electrons. The Morgan fingerprint density at radius 2 is 1.81 bits per heavy atom. The van der Waals surface area contributed by atoms with Gasteiger partial charge in [0, 0.05) is 24.8 Å². The molecule has 0 fully saturated rings. The summed E-state index contributed by atoms with van der Waals surface area (Å²) in [6.45, 7) is 7.60. The number of amides is 1. The zero-order valence-electron chi connectivity index (χ0n) is 15.9. The summed E-state index contributed by atoms with van der Waals surface area (Å²) in [5, 5.41) is 2.95. The molecule has 3 rings (SSSR count). The molecule has 5 nitrogen and oxygen atoms in total. The number of nitrogens with zero attached hydrogens (tertiary/aromatic N) is 3. The maximum Gasteiger partial charge on any atom is 0.274 e. The van der Waals surface area contributed by atoms with Crippen LogP contribution < -0.4 is 10.2 Å². The van der Waals surface area contributed by atoms with E-state index in [0.717, 1.165) is 35.7 Å².